The second kappa shape index (κ2) is 4.66. The van der Waals surface area contributed by atoms with E-state index in [1.807, 2.05) is 0 Å². The Hall–Kier alpha value is -1.70. The maximum absolute atomic E-state index is 11.6. The van der Waals surface area contributed by atoms with Crippen molar-refractivity contribution in [2.24, 2.45) is 11.8 Å². The van der Waals surface area contributed by atoms with Gasteiger partial charge in [0.25, 0.3) is 0 Å². The fourth-order valence-corrected chi connectivity index (χ4v) is 2.01. The Labute approximate surface area is 102 Å². The maximum Gasteiger partial charge on any atom is 0.322 e. The number of hydrogen-bond donors (Lipinski definition) is 2. The number of carboxylic acid groups (broad SMARTS) is 1. The molecule has 0 spiro atoms. The van der Waals surface area contributed by atoms with Crippen molar-refractivity contribution in [1.29, 1.82) is 0 Å². The molecule has 92 valence electrons. The van der Waals surface area contributed by atoms with E-state index in [-0.39, 0.29) is 11.9 Å². The summed E-state index contributed by atoms with van der Waals surface area (Å²) in [6.45, 7) is 2.62. The van der Waals surface area contributed by atoms with Gasteiger partial charge in [0.2, 0.25) is 0 Å². The molecule has 0 saturated carbocycles. The van der Waals surface area contributed by atoms with E-state index in [1.165, 1.54) is 6.20 Å². The summed E-state index contributed by atoms with van der Waals surface area (Å²) in [6.07, 6.45) is 1.47. The van der Waals surface area contributed by atoms with E-state index >= 15 is 0 Å². The summed E-state index contributed by atoms with van der Waals surface area (Å²) >= 11 is 1.10. The van der Waals surface area contributed by atoms with Gasteiger partial charge in [-0.25, -0.2) is 4.79 Å². The van der Waals surface area contributed by atoms with Crippen LogP contribution in [0.3, 0.4) is 0 Å². The molecular weight excluding hydrogens is 244 g/mol. The lowest BCUT2D eigenvalue weighted by Gasteiger charge is -2.40. The Morgan fingerprint density at radius 1 is 1.65 bits per heavy atom. The van der Waals surface area contributed by atoms with Gasteiger partial charge in [0.1, 0.15) is 5.00 Å². The van der Waals surface area contributed by atoms with Crippen molar-refractivity contribution in [2.45, 2.75) is 6.92 Å². The van der Waals surface area contributed by atoms with Gasteiger partial charge in [0, 0.05) is 30.5 Å². The van der Waals surface area contributed by atoms with Gasteiger partial charge in [0.05, 0.1) is 12.1 Å². The van der Waals surface area contributed by atoms with Crippen molar-refractivity contribution >= 4 is 28.5 Å². The molecule has 1 aliphatic rings. The molecule has 7 nitrogen and oxygen atoms in total. The number of aliphatic carboxylic acids is 1. The molecule has 1 unspecified atom stereocenters. The van der Waals surface area contributed by atoms with Crippen molar-refractivity contribution in [3.63, 3.8) is 0 Å². The Kier molecular flexibility index (Phi) is 3.23. The lowest BCUT2D eigenvalue weighted by atomic mass is 9.87. The number of nitrogens with zero attached hydrogens (tertiary/aromatic N) is 3. The lowest BCUT2D eigenvalue weighted by Crippen LogP contribution is -2.54. The molecule has 1 fully saturated rings. The second-order valence-electron chi connectivity index (χ2n) is 4.00. The minimum atomic E-state index is -0.818. The van der Waals surface area contributed by atoms with Gasteiger partial charge < -0.3 is 10.0 Å². The van der Waals surface area contributed by atoms with Crippen molar-refractivity contribution < 1.29 is 14.7 Å². The number of anilines is 1. The van der Waals surface area contributed by atoms with E-state index < -0.39 is 11.9 Å². The topological polar surface area (TPSA) is 95.4 Å². The zero-order valence-electron chi connectivity index (χ0n) is 9.16. The minimum absolute atomic E-state index is 0.0397. The third-order valence-electron chi connectivity index (χ3n) is 2.89. The maximum atomic E-state index is 11.6. The lowest BCUT2D eigenvalue weighted by molar-refractivity contribution is -0.144. The Morgan fingerprint density at radius 2 is 2.35 bits per heavy atom. The van der Waals surface area contributed by atoms with Gasteiger partial charge in [-0.05, 0) is 0 Å². The molecule has 1 saturated heterocycles. The largest absolute Gasteiger partial charge is 0.481 e. The molecule has 2 N–H and O–H groups in total. The molecule has 1 aromatic rings. The number of carboxylic acids is 1. The zero-order valence-corrected chi connectivity index (χ0v) is 9.98. The highest BCUT2D eigenvalue weighted by Gasteiger charge is 2.37. The number of carbonyl (C=O) groups excluding carboxylic acids is 1. The third kappa shape index (κ3) is 2.52. The molecule has 8 heteroatoms. The van der Waals surface area contributed by atoms with Gasteiger partial charge >= 0.3 is 12.0 Å². The van der Waals surface area contributed by atoms with Crippen LogP contribution in [0.15, 0.2) is 6.20 Å². The molecule has 0 bridgehead atoms. The number of likely N-dealkylation sites (tertiary alicyclic amines) is 1. The predicted octanol–water partition coefficient (Wildman–Crippen LogP) is 0.722. The van der Waals surface area contributed by atoms with E-state index in [2.05, 4.69) is 14.9 Å². The van der Waals surface area contributed by atoms with Crippen LogP contribution in [0.4, 0.5) is 9.80 Å². The summed E-state index contributed by atoms with van der Waals surface area (Å²) in [6, 6.07) is -0.232. The van der Waals surface area contributed by atoms with Crippen LogP contribution < -0.4 is 5.32 Å². The number of hydrogen-bond acceptors (Lipinski definition) is 5. The fourth-order valence-electron chi connectivity index (χ4n) is 1.60. The molecule has 2 rings (SSSR count). The Morgan fingerprint density at radius 3 is 2.88 bits per heavy atom. The van der Waals surface area contributed by atoms with Crippen molar-refractivity contribution in [1.82, 2.24) is 14.5 Å². The highest BCUT2D eigenvalue weighted by Crippen LogP contribution is 2.24. The minimum Gasteiger partial charge on any atom is -0.481 e. The quantitative estimate of drug-likeness (QED) is 0.831. The normalized spacial score (nSPS) is 17.4. The summed E-state index contributed by atoms with van der Waals surface area (Å²) in [5.41, 5.74) is 0. The van der Waals surface area contributed by atoms with Crippen LogP contribution >= 0.6 is 11.5 Å². The van der Waals surface area contributed by atoms with Crippen molar-refractivity contribution in [3.8, 4) is 0 Å². The van der Waals surface area contributed by atoms with Crippen LogP contribution in [0.5, 0.6) is 0 Å². The van der Waals surface area contributed by atoms with Crippen LogP contribution in [0.2, 0.25) is 0 Å². The summed E-state index contributed by atoms with van der Waals surface area (Å²) in [4.78, 5) is 24.0. The van der Waals surface area contributed by atoms with Gasteiger partial charge in [-0.1, -0.05) is 11.4 Å². The number of aromatic nitrogens is 2. The van der Waals surface area contributed by atoms with Crippen LogP contribution in [0.25, 0.3) is 0 Å². The summed E-state index contributed by atoms with van der Waals surface area (Å²) in [5.74, 6) is -1.19. The van der Waals surface area contributed by atoms with E-state index in [1.54, 1.807) is 11.8 Å². The highest BCUT2D eigenvalue weighted by molar-refractivity contribution is 7.10. The first kappa shape index (κ1) is 11.8. The van der Waals surface area contributed by atoms with Crippen LogP contribution in [-0.2, 0) is 4.79 Å². The average Bonchev–Trinajstić information content (AvgIpc) is 2.67. The number of urea groups is 1. The Balaban J connectivity index is 1.80. The zero-order chi connectivity index (χ0) is 12.4. The smallest absolute Gasteiger partial charge is 0.322 e. The Bertz CT molecular complexity index is 416. The summed E-state index contributed by atoms with van der Waals surface area (Å²) in [5, 5.41) is 15.7. The van der Waals surface area contributed by atoms with Gasteiger partial charge in [0.15, 0.2) is 0 Å². The van der Waals surface area contributed by atoms with Crippen molar-refractivity contribution in [2.75, 3.05) is 18.4 Å². The summed E-state index contributed by atoms with van der Waals surface area (Å²) in [7, 11) is 0. The molecule has 17 heavy (non-hydrogen) atoms. The SMILES string of the molecule is CC(C(=O)O)C1CN(C(=O)Nc2cnns2)C1. The van der Waals surface area contributed by atoms with Crippen LogP contribution in [-0.4, -0.2) is 44.7 Å². The molecular formula is C9H12N4O3S. The molecule has 0 aromatic carbocycles. The van der Waals surface area contributed by atoms with E-state index in [0.717, 1.165) is 11.5 Å². The number of rotatable bonds is 3. The fraction of sp³-hybridized carbons (Fsp3) is 0.556. The number of amides is 2. The molecule has 2 heterocycles. The van der Waals surface area contributed by atoms with Gasteiger partial charge in [-0.2, -0.15) is 0 Å². The van der Waals surface area contributed by atoms with Gasteiger partial charge in [-0.3, -0.25) is 10.1 Å². The van der Waals surface area contributed by atoms with Crippen LogP contribution in [0, 0.1) is 11.8 Å². The summed E-state index contributed by atoms with van der Waals surface area (Å²) < 4.78 is 3.63. The average molecular weight is 256 g/mol. The number of carbonyl (C=O) groups is 2. The van der Waals surface area contributed by atoms with Crippen molar-refractivity contribution in [3.05, 3.63) is 6.20 Å². The molecule has 1 aromatic heterocycles. The molecule has 0 radical (unpaired) electrons. The second-order valence-corrected chi connectivity index (χ2v) is 4.79. The molecule has 1 aliphatic heterocycles. The standard InChI is InChI=1S/C9H12N4O3S/c1-5(8(14)15)6-3-13(4-6)9(16)11-7-2-10-12-17-7/h2,5-6H,3-4H2,1H3,(H,11,16)(H,14,15). The third-order valence-corrected chi connectivity index (χ3v) is 3.47. The van der Waals surface area contributed by atoms with E-state index in [0.29, 0.717) is 18.1 Å². The molecule has 0 aliphatic carbocycles. The predicted molar refractivity (Wildman–Crippen MR) is 60.8 cm³/mol. The van der Waals surface area contributed by atoms with E-state index in [4.69, 9.17) is 5.11 Å². The first-order chi connectivity index (χ1) is 8.08. The van der Waals surface area contributed by atoms with E-state index in [9.17, 15) is 9.59 Å². The monoisotopic (exact) mass is 256 g/mol. The molecule has 1 atom stereocenters. The first-order valence-corrected chi connectivity index (χ1v) is 5.91. The van der Waals surface area contributed by atoms with Crippen LogP contribution in [0.1, 0.15) is 6.92 Å². The molecule has 2 amide bonds. The highest BCUT2D eigenvalue weighted by atomic mass is 32.1. The number of nitrogens with one attached hydrogen (secondary N) is 1. The first-order valence-electron chi connectivity index (χ1n) is 5.14. The van der Waals surface area contributed by atoms with Gasteiger partial charge in [-0.15, -0.1) is 5.10 Å².